The molecule has 0 aliphatic carbocycles. The van der Waals surface area contributed by atoms with Crippen LogP contribution in [0.1, 0.15) is 31.9 Å². The molecule has 132 valence electrons. The molecule has 0 bridgehead atoms. The lowest BCUT2D eigenvalue weighted by Crippen LogP contribution is -1.99. The lowest BCUT2D eigenvalue weighted by Gasteiger charge is -2.19. The summed E-state index contributed by atoms with van der Waals surface area (Å²) in [7, 11) is 0. The molecule has 0 atom stereocenters. The monoisotopic (exact) mass is 390 g/mol. The minimum absolute atomic E-state index is 0.0774. The molecular formula is C20H23O2PS2. The molecule has 0 amide bonds. The Morgan fingerprint density at radius 2 is 1.32 bits per heavy atom. The molecular weight excluding hydrogens is 367 g/mol. The molecule has 0 radical (unpaired) electrons. The molecule has 0 spiro atoms. The summed E-state index contributed by atoms with van der Waals surface area (Å²) in [6.45, 7) is 7.06. The second-order valence-electron chi connectivity index (χ2n) is 6.53. The minimum atomic E-state index is -2.56. The Labute approximate surface area is 160 Å². The topological polar surface area (TPSA) is 18.5 Å². The van der Waals surface area contributed by atoms with Gasteiger partial charge in [-0.05, 0) is 49.0 Å². The van der Waals surface area contributed by atoms with Gasteiger partial charge in [0.15, 0.2) is 0 Å². The largest absolute Gasteiger partial charge is 0.316 e. The normalized spacial score (nSPS) is 11.6. The Morgan fingerprint density at radius 3 is 1.72 bits per heavy atom. The first-order valence-corrected chi connectivity index (χ1v) is 12.1. The van der Waals surface area contributed by atoms with Crippen molar-refractivity contribution in [3.05, 3.63) is 71.8 Å². The molecule has 5 heteroatoms. The highest BCUT2D eigenvalue weighted by Gasteiger charge is 2.20. The molecule has 0 saturated carbocycles. The summed E-state index contributed by atoms with van der Waals surface area (Å²) >= 11 is 7.03. The van der Waals surface area contributed by atoms with E-state index in [1.807, 2.05) is 60.7 Å². The van der Waals surface area contributed by atoms with Crippen LogP contribution in [0, 0.1) is 16.6 Å². The van der Waals surface area contributed by atoms with Gasteiger partial charge in [-0.15, -0.1) is 0 Å². The van der Waals surface area contributed by atoms with E-state index in [0.717, 1.165) is 11.1 Å². The predicted molar refractivity (Wildman–Crippen MR) is 112 cm³/mol. The third-order valence-corrected chi connectivity index (χ3v) is 7.24. The van der Waals surface area contributed by atoms with Crippen molar-refractivity contribution in [3.63, 3.8) is 0 Å². The van der Waals surface area contributed by atoms with Crippen LogP contribution in [0.25, 0.3) is 0 Å². The van der Waals surface area contributed by atoms with Gasteiger partial charge in [0.1, 0.15) is 0 Å². The molecule has 0 aliphatic heterocycles. The average Bonchev–Trinajstić information content (AvgIpc) is 2.59. The summed E-state index contributed by atoms with van der Waals surface area (Å²) in [6, 6.07) is 20.0. The van der Waals surface area contributed by atoms with Crippen LogP contribution in [0.3, 0.4) is 0 Å². The summed E-state index contributed by atoms with van der Waals surface area (Å²) in [4.78, 5) is 0. The zero-order valence-electron chi connectivity index (χ0n) is 14.8. The van der Waals surface area contributed by atoms with Crippen LogP contribution in [0.15, 0.2) is 60.7 Å². The Bertz CT molecular complexity index is 712. The van der Waals surface area contributed by atoms with Gasteiger partial charge < -0.3 is 9.05 Å². The third kappa shape index (κ3) is 8.23. The van der Waals surface area contributed by atoms with Crippen molar-refractivity contribution in [2.24, 2.45) is 5.41 Å². The van der Waals surface area contributed by atoms with Crippen molar-refractivity contribution in [3.8, 4) is 11.2 Å². The van der Waals surface area contributed by atoms with E-state index in [1.165, 1.54) is 11.4 Å². The smallest absolute Gasteiger partial charge is 0.260 e. The first kappa shape index (κ1) is 20.2. The fraction of sp³-hybridized carbons (Fsp3) is 0.300. The standard InChI is InChI=1S/C20H23O2PS2/c1-20(2,3)14-15-25-23(24,21-16-18-10-6-4-7-11-18)22-17-19-12-8-5-9-13-19/h4-13H,16-17H2,1-3H3. The zero-order valence-corrected chi connectivity index (χ0v) is 17.3. The maximum Gasteiger partial charge on any atom is 0.260 e. The number of hydrogen-bond acceptors (Lipinski definition) is 4. The third-order valence-electron chi connectivity index (χ3n) is 3.05. The quantitative estimate of drug-likeness (QED) is 0.403. The van der Waals surface area contributed by atoms with E-state index in [9.17, 15) is 0 Å². The van der Waals surface area contributed by atoms with Gasteiger partial charge in [0, 0.05) is 16.8 Å². The van der Waals surface area contributed by atoms with E-state index in [1.54, 1.807) is 0 Å². The van der Waals surface area contributed by atoms with Crippen molar-refractivity contribution in [1.29, 1.82) is 0 Å². The van der Waals surface area contributed by atoms with E-state index in [0.29, 0.717) is 13.2 Å². The lowest BCUT2D eigenvalue weighted by molar-refractivity contribution is 0.246. The Hall–Kier alpha value is -1.08. The summed E-state index contributed by atoms with van der Waals surface area (Å²) < 4.78 is 12.0. The number of benzene rings is 2. The lowest BCUT2D eigenvalue weighted by atomic mass is 9.99. The summed E-state index contributed by atoms with van der Waals surface area (Å²) in [5.74, 6) is 3.19. The van der Waals surface area contributed by atoms with E-state index in [4.69, 9.17) is 20.9 Å². The van der Waals surface area contributed by atoms with Crippen molar-refractivity contribution in [2.45, 2.75) is 34.0 Å². The maximum absolute atomic E-state index is 6.02. The Morgan fingerprint density at radius 1 is 0.880 bits per heavy atom. The van der Waals surface area contributed by atoms with Crippen molar-refractivity contribution >= 4 is 28.9 Å². The molecule has 0 unspecified atom stereocenters. The van der Waals surface area contributed by atoms with Crippen LogP contribution in [-0.2, 0) is 34.1 Å². The van der Waals surface area contributed by atoms with Crippen LogP contribution in [0.5, 0.6) is 0 Å². The van der Waals surface area contributed by atoms with Crippen LogP contribution >= 0.6 is 17.1 Å². The summed E-state index contributed by atoms with van der Waals surface area (Å²) in [5.41, 5.74) is -0.490. The van der Waals surface area contributed by atoms with Gasteiger partial charge in [-0.1, -0.05) is 66.6 Å². The molecule has 0 N–H and O–H groups in total. The molecule has 25 heavy (non-hydrogen) atoms. The zero-order chi connectivity index (χ0) is 18.2. The molecule has 2 rings (SSSR count). The van der Waals surface area contributed by atoms with Gasteiger partial charge in [0.2, 0.25) is 0 Å². The molecule has 0 aromatic heterocycles. The highest BCUT2D eigenvalue weighted by atomic mass is 32.9. The molecule has 2 nitrogen and oxygen atoms in total. The van der Waals surface area contributed by atoms with Crippen molar-refractivity contribution < 1.29 is 9.05 Å². The fourth-order valence-electron chi connectivity index (χ4n) is 1.78. The van der Waals surface area contributed by atoms with Gasteiger partial charge in [0.25, 0.3) is 5.69 Å². The molecule has 2 aromatic rings. The minimum Gasteiger partial charge on any atom is -0.316 e. The predicted octanol–water partition coefficient (Wildman–Crippen LogP) is 6.38. The highest BCUT2D eigenvalue weighted by Crippen LogP contribution is 2.61. The Balaban J connectivity index is 2.06. The van der Waals surface area contributed by atoms with E-state index >= 15 is 0 Å². The van der Waals surface area contributed by atoms with Crippen LogP contribution in [0.2, 0.25) is 0 Å². The van der Waals surface area contributed by atoms with E-state index in [-0.39, 0.29) is 5.41 Å². The first-order valence-electron chi connectivity index (χ1n) is 8.04. The van der Waals surface area contributed by atoms with Crippen LogP contribution < -0.4 is 0 Å². The van der Waals surface area contributed by atoms with Gasteiger partial charge in [-0.2, -0.15) is 0 Å². The summed E-state index contributed by atoms with van der Waals surface area (Å²) in [6.07, 6.45) is 0. The van der Waals surface area contributed by atoms with Gasteiger partial charge in [-0.25, -0.2) is 0 Å². The number of rotatable bonds is 7. The van der Waals surface area contributed by atoms with Crippen LogP contribution in [0.4, 0.5) is 0 Å². The second-order valence-corrected chi connectivity index (χ2v) is 12.5. The molecule has 0 aliphatic rings. The van der Waals surface area contributed by atoms with E-state index in [2.05, 4.69) is 31.9 Å². The Kier molecular flexibility index (Phi) is 7.75. The number of hydrogen-bond donors (Lipinski definition) is 0. The molecule has 2 aromatic carbocycles. The summed E-state index contributed by atoms with van der Waals surface area (Å²) in [5, 5.41) is 3.10. The fourth-order valence-corrected chi connectivity index (χ4v) is 4.79. The highest BCUT2D eigenvalue weighted by molar-refractivity contribution is 8.69. The second kappa shape index (κ2) is 9.57. The van der Waals surface area contributed by atoms with Gasteiger partial charge in [0.05, 0.1) is 13.2 Å². The van der Waals surface area contributed by atoms with Gasteiger partial charge in [-0.3, -0.25) is 0 Å². The van der Waals surface area contributed by atoms with E-state index < -0.39 is 5.69 Å². The molecule has 0 saturated heterocycles. The first-order chi connectivity index (χ1) is 11.9. The average molecular weight is 391 g/mol. The van der Waals surface area contributed by atoms with Crippen molar-refractivity contribution in [2.75, 3.05) is 0 Å². The van der Waals surface area contributed by atoms with Crippen molar-refractivity contribution in [1.82, 2.24) is 0 Å². The molecule has 0 heterocycles. The van der Waals surface area contributed by atoms with Crippen LogP contribution in [-0.4, -0.2) is 0 Å². The maximum atomic E-state index is 6.02. The SMILES string of the molecule is CC(C)(C)C#CSP(=S)(OCc1ccccc1)OCc1ccccc1. The van der Waals surface area contributed by atoms with Gasteiger partial charge >= 0.3 is 0 Å². The molecule has 0 fully saturated rings.